The van der Waals surface area contributed by atoms with Gasteiger partial charge >= 0.3 is 0 Å². The Bertz CT molecular complexity index is 832. The summed E-state index contributed by atoms with van der Waals surface area (Å²) in [6.45, 7) is 2.14. The molecule has 132 valence electrons. The summed E-state index contributed by atoms with van der Waals surface area (Å²) in [5.41, 5.74) is 1.85. The molecule has 0 unspecified atom stereocenters. The number of nitrogens with one attached hydrogen (secondary N) is 1. The number of carbonyl (C=O) groups excluding carboxylic acids is 1. The first kappa shape index (κ1) is 16.5. The van der Waals surface area contributed by atoms with Crippen LogP contribution in [0.2, 0.25) is 0 Å². The minimum atomic E-state index is -0.147. The maximum atomic E-state index is 12.3. The highest BCUT2D eigenvalue weighted by Gasteiger charge is 2.33. The van der Waals surface area contributed by atoms with Gasteiger partial charge in [-0.05, 0) is 37.8 Å². The lowest BCUT2D eigenvalue weighted by Crippen LogP contribution is -2.43. The molecule has 1 aliphatic heterocycles. The molecule has 1 saturated carbocycles. The number of anilines is 1. The number of rotatable bonds is 4. The van der Waals surface area contributed by atoms with E-state index >= 15 is 0 Å². The predicted molar refractivity (Wildman–Crippen MR) is 95.7 cm³/mol. The molecule has 0 radical (unpaired) electrons. The molecular weight excluding hydrogens is 328 g/mol. The van der Waals surface area contributed by atoms with Gasteiger partial charge in [-0.1, -0.05) is 0 Å². The Balaban J connectivity index is 1.33. The predicted octanol–water partition coefficient (Wildman–Crippen LogP) is 2.02. The SMILES string of the molecule is N#Cc1ccc(C(=O)NC2CC(c3cc(N4CCCC4)ncn3)C2)cn1. The van der Waals surface area contributed by atoms with Crippen molar-refractivity contribution < 1.29 is 4.79 Å². The van der Waals surface area contributed by atoms with Crippen molar-refractivity contribution in [3.8, 4) is 6.07 Å². The first-order valence-corrected chi connectivity index (χ1v) is 8.97. The topological polar surface area (TPSA) is 94.8 Å². The van der Waals surface area contributed by atoms with Gasteiger partial charge in [-0.3, -0.25) is 4.79 Å². The lowest BCUT2D eigenvalue weighted by Gasteiger charge is -2.35. The number of hydrogen-bond acceptors (Lipinski definition) is 6. The highest BCUT2D eigenvalue weighted by atomic mass is 16.1. The van der Waals surface area contributed by atoms with Gasteiger partial charge in [-0.2, -0.15) is 5.26 Å². The highest BCUT2D eigenvalue weighted by Crippen LogP contribution is 2.36. The summed E-state index contributed by atoms with van der Waals surface area (Å²) in [4.78, 5) is 27.3. The van der Waals surface area contributed by atoms with E-state index in [4.69, 9.17) is 5.26 Å². The maximum Gasteiger partial charge on any atom is 0.253 e. The van der Waals surface area contributed by atoms with E-state index in [-0.39, 0.29) is 11.9 Å². The second-order valence-electron chi connectivity index (χ2n) is 6.88. The molecule has 7 heteroatoms. The van der Waals surface area contributed by atoms with Gasteiger partial charge in [0.25, 0.3) is 5.91 Å². The van der Waals surface area contributed by atoms with Crippen LogP contribution in [-0.2, 0) is 0 Å². The van der Waals surface area contributed by atoms with Gasteiger partial charge in [-0.15, -0.1) is 0 Å². The van der Waals surface area contributed by atoms with Gasteiger partial charge in [0.15, 0.2) is 0 Å². The number of pyridine rings is 1. The van der Waals surface area contributed by atoms with E-state index < -0.39 is 0 Å². The smallest absolute Gasteiger partial charge is 0.253 e. The summed E-state index contributed by atoms with van der Waals surface area (Å²) in [5.74, 6) is 1.23. The van der Waals surface area contributed by atoms with Crippen LogP contribution in [0.3, 0.4) is 0 Å². The molecule has 0 spiro atoms. The zero-order chi connectivity index (χ0) is 17.9. The molecule has 2 aliphatic rings. The maximum absolute atomic E-state index is 12.3. The van der Waals surface area contributed by atoms with Gasteiger partial charge in [0.2, 0.25) is 0 Å². The van der Waals surface area contributed by atoms with Crippen LogP contribution < -0.4 is 10.2 Å². The van der Waals surface area contributed by atoms with Crippen molar-refractivity contribution in [2.75, 3.05) is 18.0 Å². The second kappa shape index (κ2) is 7.08. The fourth-order valence-corrected chi connectivity index (χ4v) is 3.54. The van der Waals surface area contributed by atoms with Crippen LogP contribution in [0.1, 0.15) is 53.3 Å². The van der Waals surface area contributed by atoms with Crippen LogP contribution in [0.15, 0.2) is 30.7 Å². The molecule has 1 aliphatic carbocycles. The monoisotopic (exact) mass is 348 g/mol. The lowest BCUT2D eigenvalue weighted by molar-refractivity contribution is 0.0908. The molecule has 1 saturated heterocycles. The Labute approximate surface area is 152 Å². The number of carbonyl (C=O) groups is 1. The molecule has 2 aromatic rings. The average molecular weight is 348 g/mol. The summed E-state index contributed by atoms with van der Waals surface area (Å²) >= 11 is 0. The molecule has 3 heterocycles. The van der Waals surface area contributed by atoms with Gasteiger partial charge in [-0.25, -0.2) is 15.0 Å². The van der Waals surface area contributed by atoms with Crippen molar-refractivity contribution >= 4 is 11.7 Å². The minimum absolute atomic E-state index is 0.147. The Morgan fingerprint density at radius 1 is 1.19 bits per heavy atom. The van der Waals surface area contributed by atoms with Crippen molar-refractivity contribution in [1.82, 2.24) is 20.3 Å². The molecule has 2 fully saturated rings. The number of aromatic nitrogens is 3. The Morgan fingerprint density at radius 2 is 2.00 bits per heavy atom. The molecule has 0 aromatic carbocycles. The van der Waals surface area contributed by atoms with E-state index in [0.717, 1.165) is 37.4 Å². The van der Waals surface area contributed by atoms with Crippen LogP contribution in [0, 0.1) is 11.3 Å². The average Bonchev–Trinajstić information content (AvgIpc) is 3.19. The molecule has 1 amide bonds. The second-order valence-corrected chi connectivity index (χ2v) is 6.88. The summed E-state index contributed by atoms with van der Waals surface area (Å²) in [7, 11) is 0. The summed E-state index contributed by atoms with van der Waals surface area (Å²) < 4.78 is 0. The molecule has 2 aromatic heterocycles. The molecule has 0 bridgehead atoms. The van der Waals surface area contributed by atoms with E-state index in [0.29, 0.717) is 17.2 Å². The van der Waals surface area contributed by atoms with E-state index in [1.165, 1.54) is 19.0 Å². The van der Waals surface area contributed by atoms with Crippen molar-refractivity contribution in [2.24, 2.45) is 0 Å². The van der Waals surface area contributed by atoms with E-state index in [1.54, 1.807) is 18.5 Å². The largest absolute Gasteiger partial charge is 0.357 e. The van der Waals surface area contributed by atoms with Crippen molar-refractivity contribution in [3.63, 3.8) is 0 Å². The van der Waals surface area contributed by atoms with Crippen molar-refractivity contribution in [3.05, 3.63) is 47.7 Å². The molecule has 26 heavy (non-hydrogen) atoms. The number of hydrogen-bond donors (Lipinski definition) is 1. The molecule has 0 atom stereocenters. The Hall–Kier alpha value is -3.01. The summed E-state index contributed by atoms with van der Waals surface area (Å²) in [6, 6.07) is 7.37. The normalized spacial score (nSPS) is 21.7. The van der Waals surface area contributed by atoms with Gasteiger partial charge in [0.1, 0.15) is 23.9 Å². The van der Waals surface area contributed by atoms with Crippen LogP contribution in [0.4, 0.5) is 5.82 Å². The van der Waals surface area contributed by atoms with E-state index in [1.807, 2.05) is 6.07 Å². The standard InChI is InChI=1S/C19H20N6O/c20-10-15-4-3-13(11-21-15)19(26)24-16-7-14(8-16)17-9-18(23-12-22-17)25-5-1-2-6-25/h3-4,9,11-12,14,16H,1-2,5-8H2,(H,24,26). The Morgan fingerprint density at radius 3 is 2.69 bits per heavy atom. The molecular formula is C19H20N6O. The van der Waals surface area contributed by atoms with E-state index in [2.05, 4.69) is 31.2 Å². The fraction of sp³-hybridized carbons (Fsp3) is 0.421. The van der Waals surface area contributed by atoms with Gasteiger partial charge in [0, 0.05) is 43.0 Å². The zero-order valence-corrected chi connectivity index (χ0v) is 14.4. The van der Waals surface area contributed by atoms with Crippen molar-refractivity contribution in [1.29, 1.82) is 5.26 Å². The summed E-state index contributed by atoms with van der Waals surface area (Å²) in [5, 5.41) is 11.8. The third-order valence-electron chi connectivity index (χ3n) is 5.14. The molecule has 1 N–H and O–H groups in total. The van der Waals surface area contributed by atoms with Gasteiger partial charge in [0.05, 0.1) is 5.56 Å². The van der Waals surface area contributed by atoms with Crippen LogP contribution in [0.5, 0.6) is 0 Å². The molecule has 4 rings (SSSR count). The third kappa shape index (κ3) is 3.36. The number of nitriles is 1. The first-order chi connectivity index (χ1) is 12.7. The Kier molecular flexibility index (Phi) is 4.48. The summed E-state index contributed by atoms with van der Waals surface area (Å²) in [6.07, 6.45) is 7.30. The van der Waals surface area contributed by atoms with E-state index in [9.17, 15) is 4.79 Å². The highest BCUT2D eigenvalue weighted by molar-refractivity contribution is 5.94. The molecule has 7 nitrogen and oxygen atoms in total. The van der Waals surface area contributed by atoms with Crippen LogP contribution in [0.25, 0.3) is 0 Å². The lowest BCUT2D eigenvalue weighted by atomic mass is 9.78. The van der Waals surface area contributed by atoms with Crippen molar-refractivity contribution in [2.45, 2.75) is 37.6 Å². The quantitative estimate of drug-likeness (QED) is 0.908. The fourth-order valence-electron chi connectivity index (χ4n) is 3.54. The van der Waals surface area contributed by atoms with Crippen LogP contribution in [-0.4, -0.2) is 40.0 Å². The number of amides is 1. The third-order valence-corrected chi connectivity index (χ3v) is 5.14. The minimum Gasteiger partial charge on any atom is -0.357 e. The number of nitrogens with zero attached hydrogens (tertiary/aromatic N) is 5. The zero-order valence-electron chi connectivity index (χ0n) is 14.4. The van der Waals surface area contributed by atoms with Gasteiger partial charge < -0.3 is 10.2 Å². The van der Waals surface area contributed by atoms with Crippen LogP contribution >= 0.6 is 0 Å². The first-order valence-electron chi connectivity index (χ1n) is 8.97.